The molecule has 0 amide bonds. The average Bonchev–Trinajstić information content (AvgIpc) is 1.83. The molecule has 0 aromatic carbocycles. The summed E-state index contributed by atoms with van der Waals surface area (Å²) >= 11 is 0. The molecular weight excluding hydrogens is 171 g/mol. The Bertz CT molecular complexity index is 167. The number of halogens is 3. The molecule has 0 radical (unpaired) electrons. The standard InChI is InChI=1S/C7H12F3NO/c8-7(9,10)5-3-1-2-4-6(5,11)12/h5,12H,1-4,11H2. The average molecular weight is 183 g/mol. The van der Waals surface area contributed by atoms with Crippen LogP contribution in [0.3, 0.4) is 0 Å². The van der Waals surface area contributed by atoms with Crippen LogP contribution in [0.5, 0.6) is 0 Å². The number of rotatable bonds is 0. The lowest BCUT2D eigenvalue weighted by molar-refractivity contribution is -0.236. The Morgan fingerprint density at radius 3 is 2.25 bits per heavy atom. The maximum atomic E-state index is 12.2. The molecule has 72 valence electrons. The molecule has 0 heterocycles. The molecule has 0 spiro atoms. The van der Waals surface area contributed by atoms with Gasteiger partial charge in [-0.05, 0) is 19.3 Å². The van der Waals surface area contributed by atoms with Crippen molar-refractivity contribution in [3.05, 3.63) is 0 Å². The highest BCUT2D eigenvalue weighted by Gasteiger charge is 2.51. The minimum Gasteiger partial charge on any atom is -0.375 e. The Morgan fingerprint density at radius 1 is 1.33 bits per heavy atom. The lowest BCUT2D eigenvalue weighted by atomic mass is 9.81. The molecule has 2 atom stereocenters. The van der Waals surface area contributed by atoms with Gasteiger partial charge in [0.2, 0.25) is 0 Å². The van der Waals surface area contributed by atoms with Crippen LogP contribution in [0.1, 0.15) is 25.7 Å². The van der Waals surface area contributed by atoms with Crippen molar-refractivity contribution in [3.63, 3.8) is 0 Å². The third-order valence-corrected chi connectivity index (χ3v) is 2.32. The number of aliphatic hydroxyl groups is 1. The molecule has 2 unspecified atom stereocenters. The smallest absolute Gasteiger partial charge is 0.375 e. The molecular formula is C7H12F3NO. The minimum absolute atomic E-state index is 0.0389. The molecule has 0 aromatic heterocycles. The number of alkyl halides is 3. The van der Waals surface area contributed by atoms with Gasteiger partial charge in [-0.3, -0.25) is 0 Å². The van der Waals surface area contributed by atoms with Crippen molar-refractivity contribution in [1.29, 1.82) is 0 Å². The SMILES string of the molecule is NC1(O)CCCCC1C(F)(F)F. The Balaban J connectivity index is 2.73. The Kier molecular flexibility index (Phi) is 2.35. The molecule has 0 aliphatic heterocycles. The second-order valence-electron chi connectivity index (χ2n) is 3.33. The Hall–Kier alpha value is -0.290. The second-order valence-corrected chi connectivity index (χ2v) is 3.33. The van der Waals surface area contributed by atoms with Crippen LogP contribution >= 0.6 is 0 Å². The fourth-order valence-electron chi connectivity index (χ4n) is 1.63. The summed E-state index contributed by atoms with van der Waals surface area (Å²) in [4.78, 5) is 0. The highest BCUT2D eigenvalue weighted by molar-refractivity contribution is 4.88. The number of nitrogens with two attached hydrogens (primary N) is 1. The molecule has 5 heteroatoms. The van der Waals surface area contributed by atoms with E-state index in [1.165, 1.54) is 0 Å². The molecule has 0 bridgehead atoms. The van der Waals surface area contributed by atoms with Gasteiger partial charge in [0.15, 0.2) is 0 Å². The predicted molar refractivity (Wildman–Crippen MR) is 37.2 cm³/mol. The molecule has 0 aromatic rings. The lowest BCUT2D eigenvalue weighted by Crippen LogP contribution is -2.54. The molecule has 1 aliphatic rings. The second kappa shape index (κ2) is 2.88. The molecule has 0 saturated heterocycles. The van der Waals surface area contributed by atoms with E-state index in [4.69, 9.17) is 5.73 Å². The van der Waals surface area contributed by atoms with Crippen molar-refractivity contribution < 1.29 is 18.3 Å². The first-order valence-electron chi connectivity index (χ1n) is 3.92. The Morgan fingerprint density at radius 2 is 1.92 bits per heavy atom. The van der Waals surface area contributed by atoms with E-state index in [2.05, 4.69) is 0 Å². The van der Waals surface area contributed by atoms with Crippen molar-refractivity contribution >= 4 is 0 Å². The van der Waals surface area contributed by atoms with E-state index in [1.54, 1.807) is 0 Å². The lowest BCUT2D eigenvalue weighted by Gasteiger charge is -2.37. The van der Waals surface area contributed by atoms with Crippen LogP contribution < -0.4 is 5.73 Å². The zero-order valence-corrected chi connectivity index (χ0v) is 6.56. The van der Waals surface area contributed by atoms with Gasteiger partial charge in [0, 0.05) is 0 Å². The van der Waals surface area contributed by atoms with E-state index in [-0.39, 0.29) is 12.8 Å². The summed E-state index contributed by atoms with van der Waals surface area (Å²) in [6.07, 6.45) is -3.33. The van der Waals surface area contributed by atoms with Crippen molar-refractivity contribution in [2.45, 2.75) is 37.6 Å². The molecule has 1 rings (SSSR count). The first kappa shape index (κ1) is 9.80. The zero-order chi connectivity index (χ0) is 9.41. The van der Waals surface area contributed by atoms with Gasteiger partial charge in [-0.2, -0.15) is 13.2 Å². The third-order valence-electron chi connectivity index (χ3n) is 2.32. The fourth-order valence-corrected chi connectivity index (χ4v) is 1.63. The van der Waals surface area contributed by atoms with Crippen molar-refractivity contribution in [2.75, 3.05) is 0 Å². The maximum Gasteiger partial charge on any atom is 0.395 e. The van der Waals surface area contributed by atoms with Gasteiger partial charge < -0.3 is 10.8 Å². The van der Waals surface area contributed by atoms with Crippen LogP contribution in [0.4, 0.5) is 13.2 Å². The van der Waals surface area contributed by atoms with E-state index in [1.807, 2.05) is 0 Å². The molecule has 1 fully saturated rings. The Labute approximate surface area is 68.6 Å². The largest absolute Gasteiger partial charge is 0.395 e. The normalized spacial score (nSPS) is 38.2. The summed E-state index contributed by atoms with van der Waals surface area (Å²) in [6, 6.07) is 0. The molecule has 1 aliphatic carbocycles. The summed E-state index contributed by atoms with van der Waals surface area (Å²) in [7, 11) is 0. The summed E-state index contributed by atoms with van der Waals surface area (Å²) < 4.78 is 36.6. The molecule has 2 nitrogen and oxygen atoms in total. The van der Waals surface area contributed by atoms with Gasteiger partial charge in [0.05, 0.1) is 5.92 Å². The maximum absolute atomic E-state index is 12.2. The van der Waals surface area contributed by atoms with Crippen molar-refractivity contribution in [3.8, 4) is 0 Å². The number of hydrogen-bond donors (Lipinski definition) is 2. The minimum atomic E-state index is -4.37. The van der Waals surface area contributed by atoms with Crippen molar-refractivity contribution in [2.24, 2.45) is 11.7 Å². The van der Waals surface area contributed by atoms with Gasteiger partial charge in [0.25, 0.3) is 0 Å². The van der Waals surface area contributed by atoms with Crippen LogP contribution in [-0.4, -0.2) is 17.0 Å². The van der Waals surface area contributed by atoms with E-state index in [9.17, 15) is 18.3 Å². The van der Waals surface area contributed by atoms with Gasteiger partial charge in [-0.25, -0.2) is 0 Å². The summed E-state index contributed by atoms with van der Waals surface area (Å²) in [5, 5.41) is 9.23. The van der Waals surface area contributed by atoms with Crippen LogP contribution in [0.15, 0.2) is 0 Å². The highest BCUT2D eigenvalue weighted by Crippen LogP contribution is 2.41. The topological polar surface area (TPSA) is 46.2 Å². The zero-order valence-electron chi connectivity index (χ0n) is 6.56. The van der Waals surface area contributed by atoms with Crippen LogP contribution in [0, 0.1) is 5.92 Å². The predicted octanol–water partition coefficient (Wildman–Crippen LogP) is 1.39. The van der Waals surface area contributed by atoms with Gasteiger partial charge in [-0.1, -0.05) is 6.42 Å². The van der Waals surface area contributed by atoms with E-state index in [0.29, 0.717) is 12.8 Å². The summed E-state index contributed by atoms with van der Waals surface area (Å²) in [5.74, 6) is -1.75. The summed E-state index contributed by atoms with van der Waals surface area (Å²) in [5.41, 5.74) is 3.10. The van der Waals surface area contributed by atoms with Crippen LogP contribution in [0.25, 0.3) is 0 Å². The van der Waals surface area contributed by atoms with Gasteiger partial charge >= 0.3 is 6.18 Å². The fraction of sp³-hybridized carbons (Fsp3) is 1.00. The van der Waals surface area contributed by atoms with E-state index >= 15 is 0 Å². The first-order chi connectivity index (χ1) is 5.34. The number of hydrogen-bond acceptors (Lipinski definition) is 2. The van der Waals surface area contributed by atoms with Crippen LogP contribution in [0.2, 0.25) is 0 Å². The van der Waals surface area contributed by atoms with Crippen molar-refractivity contribution in [1.82, 2.24) is 0 Å². The van der Waals surface area contributed by atoms with Gasteiger partial charge in [-0.15, -0.1) is 0 Å². The van der Waals surface area contributed by atoms with E-state index in [0.717, 1.165) is 0 Å². The van der Waals surface area contributed by atoms with E-state index < -0.39 is 17.8 Å². The quantitative estimate of drug-likeness (QED) is 0.557. The first-order valence-corrected chi connectivity index (χ1v) is 3.92. The molecule has 3 N–H and O–H groups in total. The molecule has 12 heavy (non-hydrogen) atoms. The highest BCUT2D eigenvalue weighted by atomic mass is 19.4. The van der Waals surface area contributed by atoms with Crippen LogP contribution in [-0.2, 0) is 0 Å². The monoisotopic (exact) mass is 183 g/mol. The van der Waals surface area contributed by atoms with Gasteiger partial charge in [0.1, 0.15) is 5.72 Å². The summed E-state index contributed by atoms with van der Waals surface area (Å²) in [6.45, 7) is 0. The molecule has 1 saturated carbocycles. The third kappa shape index (κ3) is 1.90.